The van der Waals surface area contributed by atoms with Crippen LogP contribution in [0.2, 0.25) is 0 Å². The van der Waals surface area contributed by atoms with Crippen LogP contribution in [0.25, 0.3) is 0 Å². The van der Waals surface area contributed by atoms with E-state index in [4.69, 9.17) is 4.74 Å². The number of benzene rings is 2. The number of nitrogens with one attached hydrogen (secondary N) is 3. The number of carbonyl (C=O) groups is 2. The van der Waals surface area contributed by atoms with Gasteiger partial charge in [0.2, 0.25) is 19.7 Å². The Balaban J connectivity index is 1.54. The maximum atomic E-state index is 14.4. The molecule has 2 amide bonds. The number of amides is 2. The predicted octanol–water partition coefficient (Wildman–Crippen LogP) is 3.18. The van der Waals surface area contributed by atoms with Gasteiger partial charge in [-0.25, -0.2) is 9.37 Å². The molecular formula is C22H20BFN6O3. The van der Waals surface area contributed by atoms with Gasteiger partial charge in [0.1, 0.15) is 12.4 Å². The molecule has 0 unspecified atom stereocenters. The van der Waals surface area contributed by atoms with Crippen molar-refractivity contribution in [1.29, 1.82) is 0 Å². The van der Waals surface area contributed by atoms with Crippen LogP contribution in [0.1, 0.15) is 0 Å². The van der Waals surface area contributed by atoms with Crippen molar-refractivity contribution in [3.63, 3.8) is 0 Å². The number of aromatic nitrogens is 2. The Bertz CT molecular complexity index is 1240. The van der Waals surface area contributed by atoms with Crippen molar-refractivity contribution in [3.05, 3.63) is 67.1 Å². The largest absolute Gasteiger partial charge is 0.490 e. The van der Waals surface area contributed by atoms with E-state index in [-0.39, 0.29) is 23.5 Å². The minimum atomic E-state index is -0.650. The van der Waals surface area contributed by atoms with Crippen molar-refractivity contribution >= 4 is 54.1 Å². The Morgan fingerprint density at radius 1 is 1.15 bits per heavy atom. The highest BCUT2D eigenvalue weighted by Crippen LogP contribution is 2.35. The summed E-state index contributed by atoms with van der Waals surface area (Å²) in [4.78, 5) is 33.3. The summed E-state index contributed by atoms with van der Waals surface area (Å²) in [5, 5.41) is 8.55. The third kappa shape index (κ3) is 5.09. The molecule has 2 aromatic carbocycles. The van der Waals surface area contributed by atoms with E-state index in [9.17, 15) is 14.0 Å². The fraction of sp³-hybridized carbons (Fsp3) is 0.0909. The standard InChI is InChI=1S/C22H20BFN6O3/c1-2-19(31)26-13-4-3-5-14(10-13)27-20-16(24)12-25-22(29-20)28-15-6-7-18-17(11-15)30(21(23)32)8-9-33-18/h2-7,10-12H,1,8-9,23H2,(H,26,31)(H2,25,27,28,29). The van der Waals surface area contributed by atoms with Gasteiger partial charge in [-0.15, -0.1) is 0 Å². The van der Waals surface area contributed by atoms with Crippen LogP contribution < -0.4 is 25.6 Å². The van der Waals surface area contributed by atoms with E-state index >= 15 is 0 Å². The molecular weight excluding hydrogens is 426 g/mol. The minimum Gasteiger partial charge on any atom is -0.490 e. The van der Waals surface area contributed by atoms with Gasteiger partial charge in [-0.05, 0) is 42.5 Å². The van der Waals surface area contributed by atoms with Crippen molar-refractivity contribution in [2.24, 2.45) is 0 Å². The number of halogens is 1. The molecule has 166 valence electrons. The lowest BCUT2D eigenvalue weighted by Crippen LogP contribution is -2.37. The molecule has 1 aliphatic rings. The average Bonchev–Trinajstić information content (AvgIpc) is 2.81. The Morgan fingerprint density at radius 3 is 2.73 bits per heavy atom. The molecule has 33 heavy (non-hydrogen) atoms. The molecule has 3 N–H and O–H groups in total. The van der Waals surface area contributed by atoms with Gasteiger partial charge in [-0.3, -0.25) is 9.59 Å². The number of ether oxygens (including phenoxy) is 1. The van der Waals surface area contributed by atoms with E-state index in [0.717, 1.165) is 12.3 Å². The molecule has 0 aliphatic carbocycles. The summed E-state index contributed by atoms with van der Waals surface area (Å²) in [6.07, 6.45) is 2.20. The van der Waals surface area contributed by atoms with Gasteiger partial charge < -0.3 is 25.6 Å². The molecule has 4 rings (SSSR count). The normalized spacial score (nSPS) is 12.2. The van der Waals surface area contributed by atoms with Crippen molar-refractivity contribution in [1.82, 2.24) is 9.97 Å². The number of nitrogens with zero attached hydrogens (tertiary/aromatic N) is 3. The van der Waals surface area contributed by atoms with Crippen molar-refractivity contribution in [3.8, 4) is 5.75 Å². The van der Waals surface area contributed by atoms with Gasteiger partial charge in [-0.2, -0.15) is 4.98 Å². The molecule has 1 aliphatic heterocycles. The van der Waals surface area contributed by atoms with Crippen molar-refractivity contribution in [2.45, 2.75) is 0 Å². The summed E-state index contributed by atoms with van der Waals surface area (Å²) in [5.41, 5.74) is 2.28. The first kappa shape index (κ1) is 21.8. The second-order valence-electron chi connectivity index (χ2n) is 7.12. The van der Waals surface area contributed by atoms with E-state index in [2.05, 4.69) is 32.5 Å². The van der Waals surface area contributed by atoms with E-state index in [0.29, 0.717) is 41.7 Å². The van der Waals surface area contributed by atoms with Crippen LogP contribution in [0.5, 0.6) is 5.75 Å². The third-order valence-corrected chi connectivity index (χ3v) is 4.78. The first-order valence-electron chi connectivity index (χ1n) is 10.1. The lowest BCUT2D eigenvalue weighted by atomic mass is 10.1. The average molecular weight is 446 g/mol. The van der Waals surface area contributed by atoms with E-state index in [1.54, 1.807) is 47.4 Å². The maximum Gasteiger partial charge on any atom is 0.247 e. The zero-order valence-corrected chi connectivity index (χ0v) is 17.8. The van der Waals surface area contributed by atoms with Gasteiger partial charge in [0.15, 0.2) is 17.4 Å². The summed E-state index contributed by atoms with van der Waals surface area (Å²) in [5.74, 6) is -0.388. The molecule has 1 aromatic heterocycles. The van der Waals surface area contributed by atoms with Crippen LogP contribution in [0.4, 0.5) is 43.7 Å². The maximum absolute atomic E-state index is 14.4. The smallest absolute Gasteiger partial charge is 0.247 e. The van der Waals surface area contributed by atoms with Gasteiger partial charge in [0.05, 0.1) is 18.4 Å². The Hall–Kier alpha value is -4.41. The number of rotatable bonds is 6. The minimum absolute atomic E-state index is 0.0497. The zero-order chi connectivity index (χ0) is 23.4. The fourth-order valence-corrected chi connectivity index (χ4v) is 3.27. The van der Waals surface area contributed by atoms with Gasteiger partial charge in [-0.1, -0.05) is 12.6 Å². The summed E-state index contributed by atoms with van der Waals surface area (Å²) in [6, 6.07) is 12.0. The summed E-state index contributed by atoms with van der Waals surface area (Å²) < 4.78 is 20.0. The van der Waals surface area contributed by atoms with Crippen molar-refractivity contribution in [2.75, 3.05) is 34.0 Å². The predicted molar refractivity (Wildman–Crippen MR) is 127 cm³/mol. The first-order valence-corrected chi connectivity index (χ1v) is 10.1. The molecule has 3 aromatic rings. The number of hydrogen-bond donors (Lipinski definition) is 3. The third-order valence-electron chi connectivity index (χ3n) is 4.78. The fourth-order valence-electron chi connectivity index (χ4n) is 3.27. The van der Waals surface area contributed by atoms with Crippen LogP contribution in [0.3, 0.4) is 0 Å². The summed E-state index contributed by atoms with van der Waals surface area (Å²) in [6.45, 7) is 4.29. The second kappa shape index (κ2) is 9.39. The van der Waals surface area contributed by atoms with Crippen LogP contribution in [0, 0.1) is 5.82 Å². The highest BCUT2D eigenvalue weighted by molar-refractivity contribution is 6.60. The molecule has 0 radical (unpaired) electrons. The van der Waals surface area contributed by atoms with Crippen LogP contribution in [-0.2, 0) is 4.79 Å². The SMILES string of the molecule is BC(=O)N1CCOc2ccc(Nc3ncc(F)c(Nc4cccc(NC(=O)C=C)c4)n3)cc21. The van der Waals surface area contributed by atoms with Crippen molar-refractivity contribution < 1.29 is 18.7 Å². The van der Waals surface area contributed by atoms with Gasteiger partial charge in [0, 0.05) is 17.1 Å². The molecule has 0 saturated heterocycles. The highest BCUT2D eigenvalue weighted by Gasteiger charge is 2.21. The topological polar surface area (TPSA) is 108 Å². The summed E-state index contributed by atoms with van der Waals surface area (Å²) in [7, 11) is 1.49. The Labute approximate surface area is 190 Å². The molecule has 0 saturated carbocycles. The molecule has 0 atom stereocenters. The van der Waals surface area contributed by atoms with Crippen LogP contribution in [-0.4, -0.2) is 42.7 Å². The number of hydrogen-bond acceptors (Lipinski definition) is 7. The van der Waals surface area contributed by atoms with Crippen LogP contribution in [0.15, 0.2) is 61.3 Å². The van der Waals surface area contributed by atoms with E-state index < -0.39 is 5.82 Å². The quantitative estimate of drug-likeness (QED) is 0.394. The molecule has 0 fully saturated rings. The lowest BCUT2D eigenvalue weighted by molar-refractivity contribution is -0.111. The second-order valence-corrected chi connectivity index (χ2v) is 7.12. The molecule has 11 heteroatoms. The van der Waals surface area contributed by atoms with Crippen LogP contribution >= 0.6 is 0 Å². The first-order chi connectivity index (χ1) is 15.9. The number of anilines is 6. The highest BCUT2D eigenvalue weighted by atomic mass is 19.1. The monoisotopic (exact) mass is 446 g/mol. The Morgan fingerprint density at radius 2 is 1.94 bits per heavy atom. The molecule has 0 bridgehead atoms. The van der Waals surface area contributed by atoms with E-state index in [1.807, 2.05) is 0 Å². The zero-order valence-electron chi connectivity index (χ0n) is 17.8. The summed E-state index contributed by atoms with van der Waals surface area (Å²) >= 11 is 0. The number of fused-ring (bicyclic) bond motifs is 1. The molecule has 2 heterocycles. The Kier molecular flexibility index (Phi) is 6.21. The van der Waals surface area contributed by atoms with Gasteiger partial charge in [0.25, 0.3) is 0 Å². The molecule has 0 spiro atoms. The lowest BCUT2D eigenvalue weighted by Gasteiger charge is -2.29. The molecule has 9 nitrogen and oxygen atoms in total. The number of carbonyl (C=O) groups excluding carboxylic acids is 2. The van der Waals surface area contributed by atoms with E-state index in [1.165, 1.54) is 7.85 Å². The van der Waals surface area contributed by atoms with Gasteiger partial charge >= 0.3 is 0 Å².